The first-order chi connectivity index (χ1) is 8.97. The predicted molar refractivity (Wildman–Crippen MR) is 76.6 cm³/mol. The number of nitrogens with one attached hydrogen (secondary N) is 1. The van der Waals surface area contributed by atoms with Crippen LogP contribution in [0, 0.1) is 6.92 Å². The summed E-state index contributed by atoms with van der Waals surface area (Å²) in [6, 6.07) is 3.90. The molecule has 5 nitrogen and oxygen atoms in total. The number of hydrogen-bond acceptors (Lipinski definition) is 3. The maximum Gasteiger partial charge on any atom is 0.305 e. The Morgan fingerprint density at radius 3 is 2.95 bits per heavy atom. The second kappa shape index (κ2) is 5.61. The van der Waals surface area contributed by atoms with Crippen LogP contribution in [-0.2, 0) is 9.59 Å². The molecule has 0 unspecified atom stereocenters. The SMILES string of the molecule is Cc1cc(Br)c2c(c1)N(CCC(=O)O)CCC(=O)N2. The normalized spacial score (nSPS) is 14.6. The van der Waals surface area contributed by atoms with Gasteiger partial charge in [0, 0.05) is 24.0 Å². The summed E-state index contributed by atoms with van der Waals surface area (Å²) in [6.45, 7) is 2.89. The number of halogens is 1. The highest BCUT2D eigenvalue weighted by Crippen LogP contribution is 2.36. The molecule has 0 spiro atoms. The summed E-state index contributed by atoms with van der Waals surface area (Å²) in [5.41, 5.74) is 2.65. The molecule has 2 N–H and O–H groups in total. The summed E-state index contributed by atoms with van der Waals surface area (Å²) in [7, 11) is 0. The molecule has 1 aliphatic rings. The predicted octanol–water partition coefficient (Wildman–Crippen LogP) is 2.38. The molecule has 0 fully saturated rings. The molecule has 0 radical (unpaired) electrons. The van der Waals surface area contributed by atoms with Gasteiger partial charge in [-0.1, -0.05) is 0 Å². The minimum absolute atomic E-state index is 0.0522. The van der Waals surface area contributed by atoms with Gasteiger partial charge in [0.25, 0.3) is 0 Å². The molecule has 1 aromatic rings. The van der Waals surface area contributed by atoms with E-state index in [1.54, 1.807) is 0 Å². The molecule has 0 aliphatic carbocycles. The largest absolute Gasteiger partial charge is 0.481 e. The number of aryl methyl sites for hydroxylation is 1. The number of nitrogens with zero attached hydrogens (tertiary/aromatic N) is 1. The van der Waals surface area contributed by atoms with Crippen LogP contribution in [0.25, 0.3) is 0 Å². The van der Waals surface area contributed by atoms with Gasteiger partial charge in [-0.15, -0.1) is 0 Å². The molecule has 19 heavy (non-hydrogen) atoms. The van der Waals surface area contributed by atoms with E-state index in [1.807, 2.05) is 24.0 Å². The fourth-order valence-electron chi connectivity index (χ4n) is 2.12. The van der Waals surface area contributed by atoms with E-state index < -0.39 is 5.97 Å². The van der Waals surface area contributed by atoms with Crippen molar-refractivity contribution >= 4 is 39.2 Å². The lowest BCUT2D eigenvalue weighted by molar-refractivity contribution is -0.136. The third-order valence-electron chi connectivity index (χ3n) is 3.02. The lowest BCUT2D eigenvalue weighted by Gasteiger charge is -2.24. The van der Waals surface area contributed by atoms with Gasteiger partial charge in [-0.25, -0.2) is 0 Å². The van der Waals surface area contributed by atoms with Crippen molar-refractivity contribution < 1.29 is 14.7 Å². The first-order valence-electron chi connectivity index (χ1n) is 6.04. The van der Waals surface area contributed by atoms with Crippen molar-refractivity contribution in [1.82, 2.24) is 0 Å². The summed E-state index contributed by atoms with van der Waals surface area (Å²) >= 11 is 3.44. The molecule has 102 valence electrons. The van der Waals surface area contributed by atoms with Gasteiger partial charge >= 0.3 is 5.97 Å². The molecular formula is C13H15BrN2O3. The molecule has 1 amide bonds. The Bertz CT molecular complexity index is 531. The van der Waals surface area contributed by atoms with Crippen LogP contribution < -0.4 is 10.2 Å². The lowest BCUT2D eigenvalue weighted by atomic mass is 10.1. The van der Waals surface area contributed by atoms with Crippen molar-refractivity contribution in [2.24, 2.45) is 0 Å². The molecule has 0 atom stereocenters. The smallest absolute Gasteiger partial charge is 0.305 e. The fourth-order valence-corrected chi connectivity index (χ4v) is 2.78. The number of carbonyl (C=O) groups is 2. The molecule has 0 aromatic heterocycles. The van der Waals surface area contributed by atoms with Gasteiger partial charge in [-0.2, -0.15) is 0 Å². The zero-order valence-corrected chi connectivity index (χ0v) is 12.2. The number of hydrogen-bond donors (Lipinski definition) is 2. The number of aliphatic carboxylic acids is 1. The Morgan fingerprint density at radius 2 is 2.26 bits per heavy atom. The molecule has 0 bridgehead atoms. The molecule has 6 heteroatoms. The van der Waals surface area contributed by atoms with Crippen molar-refractivity contribution in [2.75, 3.05) is 23.3 Å². The number of amides is 1. The highest BCUT2D eigenvalue weighted by Gasteiger charge is 2.21. The Morgan fingerprint density at radius 1 is 1.53 bits per heavy atom. The third-order valence-corrected chi connectivity index (χ3v) is 3.65. The number of carboxylic acids is 1. The average Bonchev–Trinajstić information content (AvgIpc) is 2.47. The van der Waals surface area contributed by atoms with Crippen LogP contribution in [0.15, 0.2) is 16.6 Å². The van der Waals surface area contributed by atoms with Gasteiger partial charge in [-0.3, -0.25) is 9.59 Å². The van der Waals surface area contributed by atoms with Crippen molar-refractivity contribution in [1.29, 1.82) is 0 Å². The Labute approximate surface area is 119 Å². The van der Waals surface area contributed by atoms with Gasteiger partial charge in [-0.05, 0) is 40.5 Å². The summed E-state index contributed by atoms with van der Waals surface area (Å²) in [4.78, 5) is 24.4. The zero-order valence-electron chi connectivity index (χ0n) is 10.6. The van der Waals surface area contributed by atoms with E-state index in [0.717, 1.165) is 21.4 Å². The quantitative estimate of drug-likeness (QED) is 0.894. The number of fused-ring (bicyclic) bond motifs is 1. The highest BCUT2D eigenvalue weighted by molar-refractivity contribution is 9.10. The fraction of sp³-hybridized carbons (Fsp3) is 0.385. The van der Waals surface area contributed by atoms with Crippen LogP contribution >= 0.6 is 15.9 Å². The highest BCUT2D eigenvalue weighted by atomic mass is 79.9. The second-order valence-electron chi connectivity index (χ2n) is 4.57. The van der Waals surface area contributed by atoms with Gasteiger partial charge < -0.3 is 15.3 Å². The summed E-state index contributed by atoms with van der Waals surface area (Å²) < 4.78 is 0.818. The number of anilines is 2. The van der Waals surface area contributed by atoms with E-state index in [-0.39, 0.29) is 12.3 Å². The van der Waals surface area contributed by atoms with Crippen molar-refractivity contribution in [2.45, 2.75) is 19.8 Å². The van der Waals surface area contributed by atoms with E-state index in [9.17, 15) is 9.59 Å². The van der Waals surface area contributed by atoms with E-state index in [1.165, 1.54) is 0 Å². The van der Waals surface area contributed by atoms with Crippen LogP contribution in [0.3, 0.4) is 0 Å². The first kappa shape index (κ1) is 13.9. The maximum atomic E-state index is 11.7. The molecule has 1 heterocycles. The Hall–Kier alpha value is -1.56. The van der Waals surface area contributed by atoms with Crippen LogP contribution in [0.2, 0.25) is 0 Å². The number of carboxylic acid groups (broad SMARTS) is 1. The topological polar surface area (TPSA) is 69.6 Å². The minimum atomic E-state index is -0.836. The van der Waals surface area contributed by atoms with E-state index in [4.69, 9.17) is 5.11 Å². The molecule has 0 saturated carbocycles. The standard InChI is InChI=1S/C13H15BrN2O3/c1-8-6-9(14)13-10(7-8)16(5-3-12(18)19)4-2-11(17)15-13/h6-7H,2-5H2,1H3,(H,15,17)(H,18,19). The molecular weight excluding hydrogens is 312 g/mol. The van der Waals surface area contributed by atoms with E-state index in [0.29, 0.717) is 19.5 Å². The summed E-state index contributed by atoms with van der Waals surface area (Å²) in [6.07, 6.45) is 0.416. The maximum absolute atomic E-state index is 11.7. The zero-order chi connectivity index (χ0) is 14.0. The number of rotatable bonds is 3. The van der Waals surface area contributed by atoms with Crippen LogP contribution in [0.4, 0.5) is 11.4 Å². The number of benzene rings is 1. The van der Waals surface area contributed by atoms with Crippen LogP contribution in [-0.4, -0.2) is 30.1 Å². The Kier molecular flexibility index (Phi) is 4.09. The van der Waals surface area contributed by atoms with Crippen molar-refractivity contribution in [3.05, 3.63) is 22.2 Å². The lowest BCUT2D eigenvalue weighted by Crippen LogP contribution is -2.27. The molecule has 1 aromatic carbocycles. The summed E-state index contributed by atoms with van der Waals surface area (Å²) in [5, 5.41) is 11.7. The molecule has 2 rings (SSSR count). The molecule has 1 aliphatic heterocycles. The Balaban J connectivity index is 2.37. The monoisotopic (exact) mass is 326 g/mol. The number of carbonyl (C=O) groups excluding carboxylic acids is 1. The van der Waals surface area contributed by atoms with Crippen LogP contribution in [0.1, 0.15) is 18.4 Å². The van der Waals surface area contributed by atoms with Gasteiger partial charge in [0.1, 0.15) is 0 Å². The average molecular weight is 327 g/mol. The van der Waals surface area contributed by atoms with Gasteiger partial charge in [0.05, 0.1) is 17.8 Å². The first-order valence-corrected chi connectivity index (χ1v) is 6.83. The van der Waals surface area contributed by atoms with Gasteiger partial charge in [0.2, 0.25) is 5.91 Å². The van der Waals surface area contributed by atoms with E-state index >= 15 is 0 Å². The van der Waals surface area contributed by atoms with Crippen LogP contribution in [0.5, 0.6) is 0 Å². The summed E-state index contributed by atoms with van der Waals surface area (Å²) in [5.74, 6) is -0.888. The second-order valence-corrected chi connectivity index (χ2v) is 5.42. The van der Waals surface area contributed by atoms with E-state index in [2.05, 4.69) is 21.2 Å². The van der Waals surface area contributed by atoms with Crippen molar-refractivity contribution in [3.63, 3.8) is 0 Å². The van der Waals surface area contributed by atoms with Gasteiger partial charge in [0.15, 0.2) is 0 Å². The molecule has 0 saturated heterocycles. The van der Waals surface area contributed by atoms with Crippen molar-refractivity contribution in [3.8, 4) is 0 Å². The third kappa shape index (κ3) is 3.26. The minimum Gasteiger partial charge on any atom is -0.481 e.